The summed E-state index contributed by atoms with van der Waals surface area (Å²) >= 11 is 1.73. The van der Waals surface area contributed by atoms with Crippen molar-refractivity contribution in [3.8, 4) is 5.69 Å². The topological polar surface area (TPSA) is 47.4 Å². The number of hydrogen-bond acceptors (Lipinski definition) is 4. The van der Waals surface area contributed by atoms with Gasteiger partial charge in [-0.2, -0.15) is 5.10 Å². The number of carbonyl (C=O) groups excluding carboxylic acids is 1. The Morgan fingerprint density at radius 1 is 1.29 bits per heavy atom. The van der Waals surface area contributed by atoms with E-state index in [9.17, 15) is 4.79 Å². The molecule has 5 nitrogen and oxygen atoms in total. The van der Waals surface area contributed by atoms with Gasteiger partial charge in [-0.25, -0.2) is 9.48 Å². The summed E-state index contributed by atoms with van der Waals surface area (Å²) in [5, 5.41) is 6.44. The number of benzene rings is 1. The van der Waals surface area contributed by atoms with Gasteiger partial charge >= 0.3 is 6.09 Å². The highest BCUT2D eigenvalue weighted by Gasteiger charge is 2.34. The second kappa shape index (κ2) is 7.43. The molecule has 1 aliphatic heterocycles. The molecule has 1 unspecified atom stereocenters. The van der Waals surface area contributed by atoms with E-state index in [4.69, 9.17) is 4.74 Å². The Labute approximate surface area is 169 Å². The van der Waals surface area contributed by atoms with Gasteiger partial charge < -0.3 is 4.74 Å². The van der Waals surface area contributed by atoms with Gasteiger partial charge in [-0.15, -0.1) is 11.3 Å². The van der Waals surface area contributed by atoms with Gasteiger partial charge in [0.2, 0.25) is 0 Å². The Kier molecular flexibility index (Phi) is 4.98. The Balaban J connectivity index is 1.63. The summed E-state index contributed by atoms with van der Waals surface area (Å²) in [6.07, 6.45) is 5.10. The third-order valence-electron chi connectivity index (χ3n) is 4.82. The lowest BCUT2D eigenvalue weighted by molar-refractivity contribution is 0.0146. The molecule has 0 saturated carbocycles. The fourth-order valence-electron chi connectivity index (χ4n) is 3.60. The van der Waals surface area contributed by atoms with Crippen molar-refractivity contribution in [2.45, 2.75) is 45.3 Å². The molecule has 0 fully saturated rings. The molecule has 3 aromatic rings. The van der Waals surface area contributed by atoms with Crippen LogP contribution >= 0.6 is 11.3 Å². The summed E-state index contributed by atoms with van der Waals surface area (Å²) in [6.45, 7) is 6.41. The van der Waals surface area contributed by atoms with Gasteiger partial charge in [-0.1, -0.05) is 12.1 Å². The zero-order valence-corrected chi connectivity index (χ0v) is 17.3. The van der Waals surface area contributed by atoms with Gasteiger partial charge in [-0.3, -0.25) is 4.90 Å². The van der Waals surface area contributed by atoms with Gasteiger partial charge in [-0.05, 0) is 74.4 Å². The zero-order chi connectivity index (χ0) is 19.7. The molecule has 28 heavy (non-hydrogen) atoms. The number of thiophene rings is 1. The Morgan fingerprint density at radius 3 is 2.89 bits per heavy atom. The second-order valence-corrected chi connectivity index (χ2v) is 9.02. The molecule has 0 spiro atoms. The van der Waals surface area contributed by atoms with Crippen LogP contribution in [0.5, 0.6) is 0 Å². The molecule has 1 amide bonds. The number of fused-ring (bicyclic) bond motifs is 1. The molecule has 1 aliphatic rings. The van der Waals surface area contributed by atoms with Crippen LogP contribution in [0.4, 0.5) is 4.79 Å². The molecule has 6 heteroatoms. The minimum atomic E-state index is -0.503. The smallest absolute Gasteiger partial charge is 0.410 e. The molecule has 0 aliphatic carbocycles. The average molecular weight is 396 g/mol. The minimum Gasteiger partial charge on any atom is -0.444 e. The lowest BCUT2D eigenvalue weighted by Gasteiger charge is -2.37. The second-order valence-electron chi connectivity index (χ2n) is 8.07. The Bertz CT molecular complexity index is 956. The van der Waals surface area contributed by atoms with Crippen LogP contribution in [-0.2, 0) is 17.6 Å². The lowest BCUT2D eigenvalue weighted by atomic mass is 9.96. The van der Waals surface area contributed by atoms with E-state index in [0.717, 1.165) is 18.5 Å². The molecular weight excluding hydrogens is 370 g/mol. The quantitative estimate of drug-likeness (QED) is 0.626. The highest BCUT2D eigenvalue weighted by molar-refractivity contribution is 7.10. The number of nitrogens with zero attached hydrogens (tertiary/aromatic N) is 3. The van der Waals surface area contributed by atoms with Gasteiger partial charge in [0.1, 0.15) is 5.60 Å². The van der Waals surface area contributed by atoms with Gasteiger partial charge in [0, 0.05) is 23.8 Å². The van der Waals surface area contributed by atoms with Crippen LogP contribution in [0.1, 0.15) is 42.8 Å². The van der Waals surface area contributed by atoms with Crippen molar-refractivity contribution < 1.29 is 9.53 Å². The van der Waals surface area contributed by atoms with Crippen molar-refractivity contribution in [3.63, 3.8) is 0 Å². The SMILES string of the molecule is CC(C)(C)OC(=O)N1CCc2ccsc2C1Cc1cccc(-n2cccn2)c1. The molecule has 0 radical (unpaired) electrons. The molecule has 3 heterocycles. The maximum Gasteiger partial charge on any atom is 0.410 e. The van der Waals surface area contributed by atoms with Gasteiger partial charge in [0.25, 0.3) is 0 Å². The van der Waals surface area contributed by atoms with E-state index in [1.807, 2.05) is 54.7 Å². The average Bonchev–Trinajstić information content (AvgIpc) is 3.32. The van der Waals surface area contributed by atoms with E-state index in [0.29, 0.717) is 6.54 Å². The molecule has 1 aromatic carbocycles. The normalized spacial score (nSPS) is 16.7. The lowest BCUT2D eigenvalue weighted by Crippen LogP contribution is -2.43. The Hall–Kier alpha value is -2.60. The first-order valence-corrected chi connectivity index (χ1v) is 10.4. The first-order chi connectivity index (χ1) is 13.4. The van der Waals surface area contributed by atoms with Crippen molar-refractivity contribution in [3.05, 3.63) is 70.2 Å². The predicted molar refractivity (Wildman–Crippen MR) is 111 cm³/mol. The van der Waals surface area contributed by atoms with E-state index in [1.165, 1.54) is 16.0 Å². The van der Waals surface area contributed by atoms with E-state index in [-0.39, 0.29) is 12.1 Å². The largest absolute Gasteiger partial charge is 0.444 e. The fraction of sp³-hybridized carbons (Fsp3) is 0.364. The molecule has 0 saturated heterocycles. The predicted octanol–water partition coefficient (Wildman–Crippen LogP) is 5.01. The van der Waals surface area contributed by atoms with Crippen LogP contribution < -0.4 is 0 Å². The summed E-state index contributed by atoms with van der Waals surface area (Å²) in [4.78, 5) is 16.1. The fourth-order valence-corrected chi connectivity index (χ4v) is 4.67. The van der Waals surface area contributed by atoms with Crippen molar-refractivity contribution in [1.29, 1.82) is 0 Å². The maximum atomic E-state index is 12.9. The van der Waals surface area contributed by atoms with Crippen LogP contribution in [0.25, 0.3) is 5.69 Å². The van der Waals surface area contributed by atoms with Crippen molar-refractivity contribution >= 4 is 17.4 Å². The monoisotopic (exact) mass is 395 g/mol. The minimum absolute atomic E-state index is 0.00790. The Morgan fingerprint density at radius 2 is 2.14 bits per heavy atom. The van der Waals surface area contributed by atoms with Crippen LogP contribution in [0.15, 0.2) is 54.2 Å². The first-order valence-electron chi connectivity index (χ1n) is 9.55. The highest BCUT2D eigenvalue weighted by atomic mass is 32.1. The highest BCUT2D eigenvalue weighted by Crippen LogP contribution is 2.37. The van der Waals surface area contributed by atoms with E-state index < -0.39 is 5.60 Å². The molecular formula is C22H25N3O2S. The number of amides is 1. The summed E-state index contributed by atoms with van der Waals surface area (Å²) in [5.41, 5.74) is 3.04. The molecule has 2 aromatic heterocycles. The number of ether oxygens (including phenoxy) is 1. The standard InChI is InChI=1S/C22H25N3O2S/c1-22(2,3)27-21(26)24-12-8-17-9-13-28-20(17)19(24)15-16-6-4-7-18(14-16)25-11-5-10-23-25/h4-7,9-11,13-14,19H,8,12,15H2,1-3H3. The maximum absolute atomic E-state index is 12.9. The summed E-state index contributed by atoms with van der Waals surface area (Å²) in [5.74, 6) is 0. The number of rotatable bonds is 3. The molecule has 4 rings (SSSR count). The third kappa shape index (κ3) is 3.97. The molecule has 146 valence electrons. The van der Waals surface area contributed by atoms with Crippen LogP contribution in [0.2, 0.25) is 0 Å². The number of hydrogen-bond donors (Lipinski definition) is 0. The van der Waals surface area contributed by atoms with Crippen LogP contribution in [0, 0.1) is 0 Å². The van der Waals surface area contributed by atoms with Gasteiger partial charge in [0.05, 0.1) is 11.7 Å². The molecule has 0 N–H and O–H groups in total. The molecule has 0 bridgehead atoms. The summed E-state index contributed by atoms with van der Waals surface area (Å²) in [7, 11) is 0. The van der Waals surface area contributed by atoms with Crippen LogP contribution in [0.3, 0.4) is 0 Å². The first kappa shape index (κ1) is 18.7. The van der Waals surface area contributed by atoms with E-state index >= 15 is 0 Å². The van der Waals surface area contributed by atoms with E-state index in [2.05, 4.69) is 28.7 Å². The number of carbonyl (C=O) groups is 1. The summed E-state index contributed by atoms with van der Waals surface area (Å²) < 4.78 is 7.55. The van der Waals surface area contributed by atoms with Crippen molar-refractivity contribution in [2.75, 3.05) is 6.54 Å². The summed E-state index contributed by atoms with van der Waals surface area (Å²) in [6, 6.07) is 12.4. The van der Waals surface area contributed by atoms with Gasteiger partial charge in [0.15, 0.2) is 0 Å². The van der Waals surface area contributed by atoms with Crippen molar-refractivity contribution in [1.82, 2.24) is 14.7 Å². The zero-order valence-electron chi connectivity index (χ0n) is 16.5. The number of aromatic nitrogens is 2. The molecule has 1 atom stereocenters. The van der Waals surface area contributed by atoms with Crippen molar-refractivity contribution in [2.24, 2.45) is 0 Å². The third-order valence-corrected chi connectivity index (χ3v) is 5.88. The van der Waals surface area contributed by atoms with E-state index in [1.54, 1.807) is 17.5 Å². The van der Waals surface area contributed by atoms with Crippen LogP contribution in [-0.4, -0.2) is 32.9 Å².